The zero-order valence-corrected chi connectivity index (χ0v) is 11.5. The van der Waals surface area contributed by atoms with Crippen molar-refractivity contribution in [1.82, 2.24) is 4.90 Å². The molecule has 1 heterocycles. The van der Waals surface area contributed by atoms with Crippen LogP contribution in [0.1, 0.15) is 19.8 Å². The average molecular weight is 256 g/mol. The van der Waals surface area contributed by atoms with Gasteiger partial charge in [0.05, 0.1) is 6.07 Å². The number of rotatable bonds is 4. The van der Waals surface area contributed by atoms with Gasteiger partial charge in [0.1, 0.15) is 5.41 Å². The van der Waals surface area contributed by atoms with Gasteiger partial charge in [-0.05, 0) is 26.0 Å². The normalized spacial score (nSPS) is 20.4. The lowest BCUT2D eigenvalue weighted by Crippen LogP contribution is -2.48. The fraction of sp³-hybridized carbons (Fsp3) is 0.833. The number of hydrogen-bond donors (Lipinski definition) is 0. The van der Waals surface area contributed by atoms with Gasteiger partial charge < -0.3 is 9.64 Å². The van der Waals surface area contributed by atoms with E-state index in [0.29, 0.717) is 26.1 Å². The summed E-state index contributed by atoms with van der Waals surface area (Å²) in [7, 11) is 1.79. The summed E-state index contributed by atoms with van der Waals surface area (Å²) in [6, 6.07) is 2.38. The Morgan fingerprint density at radius 2 is 2.18 bits per heavy atom. The van der Waals surface area contributed by atoms with Crippen LogP contribution < -0.4 is 0 Å². The summed E-state index contributed by atoms with van der Waals surface area (Å²) in [5.74, 6) is 0.838. The average Bonchev–Trinajstić information content (AvgIpc) is 2.38. The fourth-order valence-electron chi connectivity index (χ4n) is 1.98. The summed E-state index contributed by atoms with van der Waals surface area (Å²) in [4.78, 5) is 14.1. The van der Waals surface area contributed by atoms with Crippen LogP contribution in [0.25, 0.3) is 0 Å². The minimum absolute atomic E-state index is 0.0511. The first-order chi connectivity index (χ1) is 8.07. The molecule has 1 amide bonds. The van der Waals surface area contributed by atoms with E-state index in [4.69, 9.17) is 4.74 Å². The molecule has 4 nitrogen and oxygen atoms in total. The van der Waals surface area contributed by atoms with E-state index in [1.807, 2.05) is 13.2 Å². The van der Waals surface area contributed by atoms with Crippen LogP contribution in [-0.4, -0.2) is 49.1 Å². The van der Waals surface area contributed by atoms with Gasteiger partial charge in [-0.25, -0.2) is 0 Å². The first kappa shape index (κ1) is 14.3. The Kier molecular flexibility index (Phi) is 5.29. The van der Waals surface area contributed by atoms with E-state index in [2.05, 4.69) is 6.07 Å². The Labute approximate surface area is 107 Å². The zero-order valence-electron chi connectivity index (χ0n) is 10.7. The van der Waals surface area contributed by atoms with Crippen molar-refractivity contribution >= 4 is 17.7 Å². The Balaban J connectivity index is 2.75. The first-order valence-electron chi connectivity index (χ1n) is 5.82. The quantitative estimate of drug-likeness (QED) is 0.765. The van der Waals surface area contributed by atoms with Crippen LogP contribution in [0.4, 0.5) is 0 Å². The lowest BCUT2D eigenvalue weighted by Gasteiger charge is -2.35. The van der Waals surface area contributed by atoms with Crippen LogP contribution in [0.3, 0.4) is 0 Å². The van der Waals surface area contributed by atoms with Crippen LogP contribution in [0, 0.1) is 16.7 Å². The number of nitriles is 1. The molecular weight excluding hydrogens is 236 g/mol. The molecule has 1 aliphatic heterocycles. The number of carbonyl (C=O) groups excluding carboxylic acids is 1. The molecule has 0 aromatic heterocycles. The van der Waals surface area contributed by atoms with E-state index in [1.54, 1.807) is 23.7 Å². The second-order valence-electron chi connectivity index (χ2n) is 4.53. The third-order valence-corrected chi connectivity index (χ3v) is 4.17. The van der Waals surface area contributed by atoms with Crippen molar-refractivity contribution in [3.63, 3.8) is 0 Å². The van der Waals surface area contributed by atoms with E-state index in [9.17, 15) is 10.1 Å². The van der Waals surface area contributed by atoms with E-state index in [-0.39, 0.29) is 11.9 Å². The molecule has 17 heavy (non-hydrogen) atoms. The van der Waals surface area contributed by atoms with Crippen LogP contribution in [0.5, 0.6) is 0 Å². The maximum atomic E-state index is 12.4. The highest BCUT2D eigenvalue weighted by Crippen LogP contribution is 2.32. The maximum absolute atomic E-state index is 12.4. The highest BCUT2D eigenvalue weighted by molar-refractivity contribution is 7.98. The van der Waals surface area contributed by atoms with E-state index >= 15 is 0 Å². The second kappa shape index (κ2) is 6.27. The molecule has 1 rings (SSSR count). The molecule has 1 aliphatic rings. The molecule has 1 fully saturated rings. The molecule has 96 valence electrons. The Morgan fingerprint density at radius 3 is 2.65 bits per heavy atom. The minimum atomic E-state index is -0.861. The monoisotopic (exact) mass is 256 g/mol. The SMILES string of the molecule is CSCC(C)N(C)C(=O)C1(C#N)CCOCC1. The maximum Gasteiger partial charge on any atom is 0.243 e. The van der Waals surface area contributed by atoms with Gasteiger partial charge in [-0.15, -0.1) is 0 Å². The van der Waals surface area contributed by atoms with Crippen LogP contribution in [-0.2, 0) is 9.53 Å². The molecule has 0 saturated carbocycles. The summed E-state index contributed by atoms with van der Waals surface area (Å²) in [5, 5.41) is 9.31. The van der Waals surface area contributed by atoms with Crippen molar-refractivity contribution in [2.75, 3.05) is 32.3 Å². The first-order valence-corrected chi connectivity index (χ1v) is 7.22. The van der Waals surface area contributed by atoms with Gasteiger partial charge >= 0.3 is 0 Å². The van der Waals surface area contributed by atoms with Gasteiger partial charge in [0.15, 0.2) is 0 Å². The van der Waals surface area contributed by atoms with Crippen molar-refractivity contribution in [3.8, 4) is 6.07 Å². The molecule has 1 atom stereocenters. The number of thioether (sulfide) groups is 1. The third-order valence-electron chi connectivity index (χ3n) is 3.36. The van der Waals surface area contributed by atoms with Crippen LogP contribution >= 0.6 is 11.8 Å². The van der Waals surface area contributed by atoms with Crippen molar-refractivity contribution in [2.24, 2.45) is 5.41 Å². The molecule has 0 aromatic rings. The second-order valence-corrected chi connectivity index (χ2v) is 5.44. The summed E-state index contributed by atoms with van der Waals surface area (Å²) in [6.07, 6.45) is 3.04. The molecule has 0 bridgehead atoms. The van der Waals surface area contributed by atoms with Gasteiger partial charge in [0.2, 0.25) is 5.91 Å². The summed E-state index contributed by atoms with van der Waals surface area (Å²) >= 11 is 1.71. The number of amides is 1. The predicted molar refractivity (Wildman–Crippen MR) is 68.7 cm³/mol. The Morgan fingerprint density at radius 1 is 1.59 bits per heavy atom. The number of nitrogens with zero attached hydrogens (tertiary/aromatic N) is 2. The topological polar surface area (TPSA) is 53.3 Å². The molecule has 0 aromatic carbocycles. The van der Waals surface area contributed by atoms with Crippen molar-refractivity contribution in [1.29, 1.82) is 5.26 Å². The largest absolute Gasteiger partial charge is 0.381 e. The lowest BCUT2D eigenvalue weighted by molar-refractivity contribution is -0.143. The Hall–Kier alpha value is -0.730. The molecule has 0 aliphatic carbocycles. The molecule has 1 saturated heterocycles. The molecule has 1 unspecified atom stereocenters. The van der Waals surface area contributed by atoms with Crippen molar-refractivity contribution in [3.05, 3.63) is 0 Å². The lowest BCUT2D eigenvalue weighted by atomic mass is 9.80. The number of ether oxygens (including phenoxy) is 1. The number of carbonyl (C=O) groups is 1. The van der Waals surface area contributed by atoms with Crippen molar-refractivity contribution in [2.45, 2.75) is 25.8 Å². The van der Waals surface area contributed by atoms with Gasteiger partial charge in [-0.1, -0.05) is 0 Å². The summed E-state index contributed by atoms with van der Waals surface area (Å²) in [6.45, 7) is 3.02. The van der Waals surface area contributed by atoms with E-state index in [1.165, 1.54) is 0 Å². The van der Waals surface area contributed by atoms with E-state index < -0.39 is 5.41 Å². The standard InChI is InChI=1S/C12H20N2O2S/c1-10(8-17-3)14(2)11(15)12(9-13)4-6-16-7-5-12/h10H,4-8H2,1-3H3. The smallest absolute Gasteiger partial charge is 0.243 e. The summed E-state index contributed by atoms with van der Waals surface area (Å²) < 4.78 is 5.24. The van der Waals surface area contributed by atoms with Crippen molar-refractivity contribution < 1.29 is 9.53 Å². The van der Waals surface area contributed by atoms with E-state index in [0.717, 1.165) is 5.75 Å². The highest BCUT2D eigenvalue weighted by atomic mass is 32.2. The zero-order chi connectivity index (χ0) is 12.9. The fourth-order valence-corrected chi connectivity index (χ4v) is 2.69. The summed E-state index contributed by atoms with van der Waals surface area (Å²) in [5.41, 5.74) is -0.861. The third kappa shape index (κ3) is 3.14. The predicted octanol–water partition coefficient (Wildman–Crippen LogP) is 1.52. The van der Waals surface area contributed by atoms with Gasteiger partial charge in [0.25, 0.3) is 0 Å². The minimum Gasteiger partial charge on any atom is -0.381 e. The van der Waals surface area contributed by atoms with Gasteiger partial charge in [-0.3, -0.25) is 4.79 Å². The molecule has 5 heteroatoms. The molecule has 0 radical (unpaired) electrons. The Bertz CT molecular complexity index is 308. The highest BCUT2D eigenvalue weighted by Gasteiger charge is 2.42. The van der Waals surface area contributed by atoms with Crippen LogP contribution in [0.15, 0.2) is 0 Å². The van der Waals surface area contributed by atoms with Gasteiger partial charge in [-0.2, -0.15) is 17.0 Å². The number of hydrogen-bond acceptors (Lipinski definition) is 4. The molecule has 0 N–H and O–H groups in total. The van der Waals surface area contributed by atoms with Gasteiger partial charge in [0, 0.05) is 32.1 Å². The van der Waals surface area contributed by atoms with Crippen LogP contribution in [0.2, 0.25) is 0 Å². The molecular formula is C12H20N2O2S. The molecule has 0 spiro atoms.